The fraction of sp³-hybridized carbons (Fsp3) is 0.286. The molecule has 0 bridgehead atoms. The van der Waals surface area contributed by atoms with Crippen LogP contribution in [0.2, 0.25) is 5.02 Å². The minimum atomic E-state index is -4.18. The normalized spacial score (nSPS) is 21.9. The van der Waals surface area contributed by atoms with Crippen LogP contribution in [0.3, 0.4) is 0 Å². The lowest BCUT2D eigenvalue weighted by atomic mass is 9.90. The third kappa shape index (κ3) is 6.95. The number of nitrogens with zero attached hydrogens (tertiary/aromatic N) is 3. The van der Waals surface area contributed by atoms with Crippen LogP contribution in [-0.4, -0.2) is 51.4 Å². The molecule has 216 valence electrons. The van der Waals surface area contributed by atoms with E-state index in [0.29, 0.717) is 42.0 Å². The van der Waals surface area contributed by atoms with Crippen molar-refractivity contribution in [1.29, 1.82) is 0 Å². The van der Waals surface area contributed by atoms with Crippen molar-refractivity contribution in [1.82, 2.24) is 10.3 Å². The van der Waals surface area contributed by atoms with Crippen molar-refractivity contribution in [2.75, 3.05) is 6.54 Å². The number of primary sulfonamides is 1. The molecule has 13 heteroatoms. The molecule has 1 fully saturated rings. The van der Waals surface area contributed by atoms with Crippen LogP contribution in [-0.2, 0) is 20.0 Å². The van der Waals surface area contributed by atoms with Crippen molar-refractivity contribution in [2.24, 2.45) is 14.6 Å². The van der Waals surface area contributed by atoms with Crippen molar-refractivity contribution in [3.63, 3.8) is 0 Å². The Balaban J connectivity index is 1.52. The second-order valence-electron chi connectivity index (χ2n) is 10.1. The maximum atomic E-state index is 13.7. The van der Waals surface area contributed by atoms with E-state index in [9.17, 15) is 21.2 Å². The van der Waals surface area contributed by atoms with E-state index in [1.807, 2.05) is 30.3 Å². The number of nitrogens with two attached hydrogens (primary N) is 1. The molecule has 5 rings (SSSR count). The Bertz CT molecular complexity index is 1660. The molecule has 1 heterocycles. The van der Waals surface area contributed by atoms with Gasteiger partial charge in [-0.2, -0.15) is 13.5 Å². The number of hydrogen-bond acceptors (Lipinski definition) is 5. The fourth-order valence-corrected chi connectivity index (χ4v) is 7.12. The molecule has 0 unspecified atom stereocenters. The molecule has 1 aliphatic carbocycles. The largest absolute Gasteiger partial charge is 0.351 e. The standard InChI is InChI=1S/C28H29ClFN5O4S2/c29-21-8-14-25(15-9-21)41(38,39)34-28(32-23-12-16-24(17-13-23)40(31,36)37)35-18-26(19-4-2-1-3-5-19)27(33-35)20-6-10-22(30)11-7-20/h1-11,14-15,23-24,26H,12-13,16-18H2,(H,32,34)(H2,31,36,37)/t23-,24+,26-/m1/s1. The first-order valence-electron chi connectivity index (χ1n) is 13.1. The molecule has 0 aromatic heterocycles. The predicted octanol–water partition coefficient (Wildman–Crippen LogP) is 4.22. The van der Waals surface area contributed by atoms with E-state index in [-0.39, 0.29) is 35.2 Å². The maximum absolute atomic E-state index is 13.7. The van der Waals surface area contributed by atoms with Crippen LogP contribution in [0.25, 0.3) is 0 Å². The van der Waals surface area contributed by atoms with Gasteiger partial charge >= 0.3 is 0 Å². The van der Waals surface area contributed by atoms with Gasteiger partial charge in [0.2, 0.25) is 16.0 Å². The maximum Gasteiger partial charge on any atom is 0.285 e. The summed E-state index contributed by atoms with van der Waals surface area (Å²) in [5.74, 6) is -0.629. The molecule has 2 aliphatic rings. The Kier molecular flexibility index (Phi) is 8.46. The van der Waals surface area contributed by atoms with Crippen LogP contribution in [0, 0.1) is 5.82 Å². The molecule has 0 radical (unpaired) electrons. The summed E-state index contributed by atoms with van der Waals surface area (Å²) in [4.78, 5) is -0.0410. The van der Waals surface area contributed by atoms with Crippen molar-refractivity contribution >= 4 is 43.3 Å². The van der Waals surface area contributed by atoms with E-state index in [4.69, 9.17) is 21.8 Å². The lowest BCUT2D eigenvalue weighted by Crippen LogP contribution is -2.47. The van der Waals surface area contributed by atoms with Crippen molar-refractivity contribution in [3.8, 4) is 0 Å². The number of halogens is 2. The summed E-state index contributed by atoms with van der Waals surface area (Å²) >= 11 is 5.96. The zero-order chi connectivity index (χ0) is 29.2. The van der Waals surface area contributed by atoms with Crippen LogP contribution in [0.15, 0.2) is 93.3 Å². The number of nitrogens with one attached hydrogen (secondary N) is 1. The highest BCUT2D eigenvalue weighted by molar-refractivity contribution is 7.90. The summed E-state index contributed by atoms with van der Waals surface area (Å²) < 4.78 is 68.4. The van der Waals surface area contributed by atoms with E-state index >= 15 is 0 Å². The van der Waals surface area contributed by atoms with Crippen molar-refractivity contribution in [3.05, 3.63) is 101 Å². The summed E-state index contributed by atoms with van der Waals surface area (Å²) in [6, 6.07) is 21.0. The molecular formula is C28H29ClFN5O4S2. The first-order valence-corrected chi connectivity index (χ1v) is 16.5. The predicted molar refractivity (Wildman–Crippen MR) is 157 cm³/mol. The van der Waals surface area contributed by atoms with Crippen LogP contribution < -0.4 is 10.5 Å². The van der Waals surface area contributed by atoms with E-state index in [1.54, 1.807) is 12.1 Å². The van der Waals surface area contributed by atoms with Gasteiger partial charge in [0.15, 0.2) is 0 Å². The summed E-state index contributed by atoms with van der Waals surface area (Å²) in [5.41, 5.74) is 2.27. The molecule has 3 N–H and O–H groups in total. The third-order valence-electron chi connectivity index (χ3n) is 7.29. The lowest BCUT2D eigenvalue weighted by molar-refractivity contribution is 0.381. The molecule has 1 saturated carbocycles. The average molecular weight is 618 g/mol. The Morgan fingerprint density at radius 1 is 0.927 bits per heavy atom. The molecule has 1 atom stereocenters. The van der Waals surface area contributed by atoms with E-state index in [1.165, 1.54) is 41.4 Å². The second-order valence-corrected chi connectivity index (χ2v) is 14.0. The van der Waals surface area contributed by atoms with Crippen molar-refractivity contribution < 1.29 is 21.2 Å². The minimum absolute atomic E-state index is 0.0112. The van der Waals surface area contributed by atoms with Gasteiger partial charge in [-0.25, -0.2) is 23.0 Å². The topological polar surface area (TPSA) is 134 Å². The first-order chi connectivity index (χ1) is 19.5. The highest BCUT2D eigenvalue weighted by Crippen LogP contribution is 2.30. The Morgan fingerprint density at radius 3 is 2.17 bits per heavy atom. The summed E-state index contributed by atoms with van der Waals surface area (Å²) in [6.07, 6.45) is 1.58. The van der Waals surface area contributed by atoms with E-state index in [2.05, 4.69) is 9.71 Å². The average Bonchev–Trinajstić information content (AvgIpc) is 3.39. The Hall–Kier alpha value is -3.32. The Labute approximate surface area is 244 Å². The zero-order valence-corrected chi connectivity index (χ0v) is 24.3. The fourth-order valence-electron chi connectivity index (χ4n) is 5.10. The van der Waals surface area contributed by atoms with Gasteiger partial charge in [-0.15, -0.1) is 4.40 Å². The minimum Gasteiger partial charge on any atom is -0.351 e. The van der Waals surface area contributed by atoms with Crippen LogP contribution in [0.1, 0.15) is 42.7 Å². The molecule has 3 aromatic carbocycles. The number of hydrazone groups is 1. The molecule has 0 amide bonds. The van der Waals surface area contributed by atoms with Gasteiger partial charge in [0.25, 0.3) is 10.0 Å². The SMILES string of the molecule is NS(=O)(=O)[C@H]1CC[C@@H](N/C(=N/S(=O)(=O)c2ccc(Cl)cc2)N2C[C@H](c3ccccc3)C(c3ccc(F)cc3)=N2)CC1. The summed E-state index contributed by atoms with van der Waals surface area (Å²) in [7, 11) is -7.84. The Morgan fingerprint density at radius 2 is 1.56 bits per heavy atom. The van der Waals surface area contributed by atoms with Gasteiger partial charge in [0.05, 0.1) is 22.4 Å². The van der Waals surface area contributed by atoms with Gasteiger partial charge in [0.1, 0.15) is 5.82 Å². The van der Waals surface area contributed by atoms with Gasteiger partial charge in [0, 0.05) is 17.0 Å². The molecule has 3 aromatic rings. The van der Waals surface area contributed by atoms with Gasteiger partial charge in [-0.1, -0.05) is 54.1 Å². The van der Waals surface area contributed by atoms with Crippen molar-refractivity contribution in [2.45, 2.75) is 47.8 Å². The zero-order valence-electron chi connectivity index (χ0n) is 21.9. The molecule has 0 saturated heterocycles. The number of sulfonamides is 2. The highest BCUT2D eigenvalue weighted by atomic mass is 35.5. The second kappa shape index (κ2) is 11.9. The highest BCUT2D eigenvalue weighted by Gasteiger charge is 2.35. The summed E-state index contributed by atoms with van der Waals surface area (Å²) in [5, 5.41) is 14.6. The van der Waals surface area contributed by atoms with Gasteiger partial charge < -0.3 is 5.32 Å². The molecule has 1 aliphatic heterocycles. The van der Waals surface area contributed by atoms with Crippen LogP contribution in [0.5, 0.6) is 0 Å². The third-order valence-corrected chi connectivity index (χ3v) is 10.2. The first kappa shape index (κ1) is 29.2. The molecule has 9 nitrogen and oxygen atoms in total. The monoisotopic (exact) mass is 617 g/mol. The number of hydrogen-bond donors (Lipinski definition) is 2. The van der Waals surface area contributed by atoms with Gasteiger partial charge in [-0.05, 0) is 73.2 Å². The smallest absolute Gasteiger partial charge is 0.285 e. The molecular weight excluding hydrogens is 589 g/mol. The number of rotatable bonds is 6. The quantitative estimate of drug-likeness (QED) is 0.314. The molecule has 41 heavy (non-hydrogen) atoms. The summed E-state index contributed by atoms with van der Waals surface area (Å²) in [6.45, 7) is 0.269. The number of guanidine groups is 1. The number of benzene rings is 3. The van der Waals surface area contributed by atoms with E-state index in [0.717, 1.165) is 5.56 Å². The molecule has 0 spiro atoms. The van der Waals surface area contributed by atoms with Crippen LogP contribution >= 0.6 is 11.6 Å². The van der Waals surface area contributed by atoms with Gasteiger partial charge in [-0.3, -0.25) is 0 Å². The lowest BCUT2D eigenvalue weighted by Gasteiger charge is -2.30. The van der Waals surface area contributed by atoms with E-state index < -0.39 is 25.3 Å². The van der Waals surface area contributed by atoms with Crippen LogP contribution in [0.4, 0.5) is 4.39 Å².